The molecule has 7 heteroatoms. The van der Waals surface area contributed by atoms with Gasteiger partial charge < -0.3 is 10.4 Å². The van der Waals surface area contributed by atoms with Crippen LogP contribution >= 0.6 is 0 Å². The summed E-state index contributed by atoms with van der Waals surface area (Å²) in [5, 5.41) is 11.5. The first-order valence-corrected chi connectivity index (χ1v) is 6.49. The van der Waals surface area contributed by atoms with Gasteiger partial charge in [-0.2, -0.15) is 13.2 Å². The largest absolute Gasteiger partial charge is 0.478 e. The highest BCUT2D eigenvalue weighted by Gasteiger charge is 2.32. The first kappa shape index (κ1) is 18.2. The second-order valence-corrected chi connectivity index (χ2v) is 4.29. The fourth-order valence-electron chi connectivity index (χ4n) is 1.70. The molecule has 0 bridgehead atoms. The minimum Gasteiger partial charge on any atom is -0.478 e. The molecular formula is C16H15F3N2O2. The first-order valence-electron chi connectivity index (χ1n) is 6.49. The van der Waals surface area contributed by atoms with Crippen molar-refractivity contribution in [1.82, 2.24) is 5.32 Å². The number of aliphatic imine (C=N–C) groups is 1. The summed E-state index contributed by atoms with van der Waals surface area (Å²) in [6.07, 6.45) is 1.87. The molecule has 0 aliphatic heterocycles. The second-order valence-electron chi connectivity index (χ2n) is 4.29. The van der Waals surface area contributed by atoms with E-state index in [0.29, 0.717) is 0 Å². The van der Waals surface area contributed by atoms with Crippen LogP contribution in [-0.2, 0) is 17.5 Å². The van der Waals surface area contributed by atoms with Crippen LogP contribution in [0.4, 0.5) is 13.2 Å². The molecule has 1 aromatic rings. The van der Waals surface area contributed by atoms with Crippen LogP contribution in [0.25, 0.3) is 0 Å². The summed E-state index contributed by atoms with van der Waals surface area (Å²) in [5.74, 6) is -1.22. The Hall–Kier alpha value is -2.83. The lowest BCUT2D eigenvalue weighted by molar-refractivity contribution is -0.138. The minimum absolute atomic E-state index is 0.0180. The van der Waals surface area contributed by atoms with Crippen molar-refractivity contribution in [2.75, 3.05) is 0 Å². The predicted molar refractivity (Wildman–Crippen MR) is 81.8 cm³/mol. The topological polar surface area (TPSA) is 61.7 Å². The number of carbonyl (C=O) groups is 1. The van der Waals surface area contributed by atoms with Crippen LogP contribution in [0.5, 0.6) is 0 Å². The number of rotatable bonds is 7. The van der Waals surface area contributed by atoms with Gasteiger partial charge in [-0.25, -0.2) is 4.79 Å². The smallest absolute Gasteiger partial charge is 0.416 e. The van der Waals surface area contributed by atoms with E-state index in [2.05, 4.69) is 16.9 Å². The Morgan fingerprint density at radius 2 is 2.04 bits per heavy atom. The van der Waals surface area contributed by atoms with E-state index >= 15 is 0 Å². The summed E-state index contributed by atoms with van der Waals surface area (Å²) in [5.41, 5.74) is -0.603. The van der Waals surface area contributed by atoms with E-state index < -0.39 is 17.7 Å². The quantitative estimate of drug-likeness (QED) is 0.458. The minimum atomic E-state index is -4.47. The molecule has 0 atom stereocenters. The Bertz CT molecular complexity index is 647. The van der Waals surface area contributed by atoms with E-state index in [1.165, 1.54) is 42.8 Å². The number of benzene rings is 1. The Balaban J connectivity index is 2.92. The highest BCUT2D eigenvalue weighted by atomic mass is 19.4. The number of halogens is 3. The van der Waals surface area contributed by atoms with Gasteiger partial charge in [0.2, 0.25) is 0 Å². The Kier molecular flexibility index (Phi) is 6.79. The van der Waals surface area contributed by atoms with Gasteiger partial charge in [0, 0.05) is 30.7 Å². The number of allylic oxidation sites excluding steroid dienone is 2. The maximum atomic E-state index is 12.9. The van der Waals surface area contributed by atoms with Gasteiger partial charge in [0.05, 0.1) is 5.56 Å². The summed E-state index contributed by atoms with van der Waals surface area (Å²) in [7, 11) is 0. The van der Waals surface area contributed by atoms with Gasteiger partial charge in [-0.3, -0.25) is 4.99 Å². The Labute approximate surface area is 131 Å². The number of nitrogens with one attached hydrogen (secondary N) is 1. The zero-order chi connectivity index (χ0) is 17.3. The zero-order valence-corrected chi connectivity index (χ0v) is 12.0. The van der Waals surface area contributed by atoms with E-state index in [0.717, 1.165) is 12.1 Å². The maximum absolute atomic E-state index is 12.9. The van der Waals surface area contributed by atoms with Crippen molar-refractivity contribution in [3.8, 4) is 0 Å². The SMILES string of the molecule is C=CN=C/C=C\C(=C\C(=O)O)NCc1ccccc1C(F)(F)F. The van der Waals surface area contributed by atoms with E-state index in [4.69, 9.17) is 5.11 Å². The average Bonchev–Trinajstić information content (AvgIpc) is 2.47. The predicted octanol–water partition coefficient (Wildman–Crippen LogP) is 3.53. The Morgan fingerprint density at radius 1 is 1.35 bits per heavy atom. The molecule has 0 aliphatic rings. The van der Waals surface area contributed by atoms with Crippen molar-refractivity contribution in [2.24, 2.45) is 4.99 Å². The van der Waals surface area contributed by atoms with Gasteiger partial charge in [-0.15, -0.1) is 0 Å². The van der Waals surface area contributed by atoms with Gasteiger partial charge in [-0.1, -0.05) is 24.8 Å². The number of alkyl halides is 3. The number of hydrogen-bond acceptors (Lipinski definition) is 3. The van der Waals surface area contributed by atoms with Crippen LogP contribution in [0.15, 0.2) is 66.0 Å². The van der Waals surface area contributed by atoms with Crippen LogP contribution < -0.4 is 5.32 Å². The van der Waals surface area contributed by atoms with Gasteiger partial charge in [0.1, 0.15) is 0 Å². The van der Waals surface area contributed by atoms with Crippen molar-refractivity contribution >= 4 is 12.2 Å². The zero-order valence-electron chi connectivity index (χ0n) is 12.0. The van der Waals surface area contributed by atoms with Crippen molar-refractivity contribution in [3.63, 3.8) is 0 Å². The first-order chi connectivity index (χ1) is 10.8. The molecule has 0 saturated heterocycles. The van der Waals surface area contributed by atoms with Gasteiger partial charge in [-0.05, 0) is 23.8 Å². The molecule has 1 rings (SSSR count). The molecule has 0 heterocycles. The average molecular weight is 324 g/mol. The highest BCUT2D eigenvalue weighted by Crippen LogP contribution is 2.31. The van der Waals surface area contributed by atoms with Crippen molar-refractivity contribution in [2.45, 2.75) is 12.7 Å². The summed E-state index contributed by atoms with van der Waals surface area (Å²) in [6, 6.07) is 5.09. The van der Waals surface area contributed by atoms with E-state index in [9.17, 15) is 18.0 Å². The number of hydrogen-bond donors (Lipinski definition) is 2. The lowest BCUT2D eigenvalue weighted by Crippen LogP contribution is -2.17. The molecule has 0 fully saturated rings. The molecule has 0 saturated carbocycles. The molecule has 23 heavy (non-hydrogen) atoms. The Morgan fingerprint density at radius 3 is 2.65 bits per heavy atom. The fourth-order valence-corrected chi connectivity index (χ4v) is 1.70. The molecule has 1 aromatic carbocycles. The molecule has 0 spiro atoms. The van der Waals surface area contributed by atoms with Crippen molar-refractivity contribution < 1.29 is 23.1 Å². The van der Waals surface area contributed by atoms with Crippen LogP contribution in [0, 0.1) is 0 Å². The number of aliphatic carboxylic acids is 1. The van der Waals surface area contributed by atoms with E-state index in [1.54, 1.807) is 0 Å². The summed E-state index contributed by atoms with van der Waals surface area (Å²) < 4.78 is 38.7. The number of carboxylic acids is 1. The molecule has 122 valence electrons. The normalized spacial score (nSPS) is 12.7. The van der Waals surface area contributed by atoms with Crippen LogP contribution in [0.1, 0.15) is 11.1 Å². The van der Waals surface area contributed by atoms with Gasteiger partial charge >= 0.3 is 12.1 Å². The van der Waals surface area contributed by atoms with Gasteiger partial charge in [0.15, 0.2) is 0 Å². The highest BCUT2D eigenvalue weighted by molar-refractivity contribution is 5.81. The monoisotopic (exact) mass is 324 g/mol. The third-order valence-electron chi connectivity index (χ3n) is 2.64. The van der Waals surface area contributed by atoms with Crippen molar-refractivity contribution in [1.29, 1.82) is 0 Å². The summed E-state index contributed by atoms with van der Waals surface area (Å²) in [6.45, 7) is 3.20. The molecule has 0 aromatic heterocycles. The third kappa shape index (κ3) is 6.64. The molecular weight excluding hydrogens is 309 g/mol. The van der Waals surface area contributed by atoms with Crippen LogP contribution in [0.2, 0.25) is 0 Å². The molecule has 0 aliphatic carbocycles. The van der Waals surface area contributed by atoms with Crippen LogP contribution in [-0.4, -0.2) is 17.3 Å². The van der Waals surface area contributed by atoms with E-state index in [-0.39, 0.29) is 17.8 Å². The second kappa shape index (κ2) is 8.57. The number of nitrogens with zero attached hydrogens (tertiary/aromatic N) is 1. The molecule has 4 nitrogen and oxygen atoms in total. The molecule has 0 amide bonds. The third-order valence-corrected chi connectivity index (χ3v) is 2.64. The lowest BCUT2D eigenvalue weighted by Gasteiger charge is -2.14. The molecule has 2 N–H and O–H groups in total. The summed E-state index contributed by atoms with van der Waals surface area (Å²) >= 11 is 0. The summed E-state index contributed by atoms with van der Waals surface area (Å²) in [4.78, 5) is 14.4. The van der Waals surface area contributed by atoms with Crippen LogP contribution in [0.3, 0.4) is 0 Å². The molecule has 0 radical (unpaired) electrons. The van der Waals surface area contributed by atoms with Crippen molar-refractivity contribution in [3.05, 3.63) is 72.1 Å². The maximum Gasteiger partial charge on any atom is 0.416 e. The number of carboxylic acid groups (broad SMARTS) is 1. The van der Waals surface area contributed by atoms with E-state index in [1.807, 2.05) is 0 Å². The lowest BCUT2D eigenvalue weighted by atomic mass is 10.1. The standard InChI is InChI=1S/C16H15F3N2O2/c1-2-20-9-5-7-13(10-15(22)23)21-11-12-6-3-4-8-14(12)16(17,18)19/h2-10,21H,1,11H2,(H,22,23)/b7-5-,13-10-,20-9?. The fraction of sp³-hybridized carbons (Fsp3) is 0.125. The van der Waals surface area contributed by atoms with Gasteiger partial charge in [0.25, 0.3) is 0 Å². The molecule has 0 unspecified atom stereocenters.